The first kappa shape index (κ1) is 15.4. The molecule has 2 N–H and O–H groups in total. The topological polar surface area (TPSA) is 119 Å². The lowest BCUT2D eigenvalue weighted by molar-refractivity contribution is -0.385. The molecular weight excluding hydrogens is 268 g/mol. The number of carbonyl (C=O) groups excluding carboxylic acids is 1. The third kappa shape index (κ3) is 4.56. The van der Waals surface area contributed by atoms with Crippen LogP contribution < -0.4 is 10.1 Å². The third-order valence-corrected chi connectivity index (χ3v) is 2.40. The molecule has 1 aromatic rings. The maximum absolute atomic E-state index is 11.4. The Bertz CT molecular complexity index is 516. The van der Waals surface area contributed by atoms with Gasteiger partial charge in [0.05, 0.1) is 18.0 Å². The van der Waals surface area contributed by atoms with Crippen LogP contribution in [0.5, 0.6) is 5.75 Å². The molecule has 0 fully saturated rings. The highest BCUT2D eigenvalue weighted by atomic mass is 16.6. The minimum atomic E-state index is -1.14. The first-order valence-corrected chi connectivity index (χ1v) is 5.80. The molecule has 0 radical (unpaired) electrons. The molecule has 1 aromatic carbocycles. The number of aliphatic carboxylic acids is 1. The van der Waals surface area contributed by atoms with Crippen molar-refractivity contribution in [1.29, 1.82) is 0 Å². The molecule has 0 unspecified atom stereocenters. The Morgan fingerprint density at radius 2 is 2.10 bits per heavy atom. The van der Waals surface area contributed by atoms with Gasteiger partial charge in [0.15, 0.2) is 5.75 Å². The van der Waals surface area contributed by atoms with Crippen molar-refractivity contribution in [3.63, 3.8) is 0 Å². The van der Waals surface area contributed by atoms with E-state index < -0.39 is 22.8 Å². The average Bonchev–Trinajstić information content (AvgIpc) is 2.38. The van der Waals surface area contributed by atoms with Gasteiger partial charge in [-0.15, -0.1) is 0 Å². The molecule has 1 amide bonds. The zero-order valence-electron chi connectivity index (χ0n) is 10.7. The first-order chi connectivity index (χ1) is 9.41. The zero-order valence-corrected chi connectivity index (χ0v) is 10.7. The summed E-state index contributed by atoms with van der Waals surface area (Å²) < 4.78 is 5.16. The van der Waals surface area contributed by atoms with Gasteiger partial charge in [0.1, 0.15) is 6.04 Å². The highest BCUT2D eigenvalue weighted by molar-refractivity contribution is 5.83. The summed E-state index contributed by atoms with van der Waals surface area (Å²) in [5.41, 5.74) is -0.188. The fourth-order valence-electron chi connectivity index (χ4n) is 1.36. The summed E-state index contributed by atoms with van der Waals surface area (Å²) in [6, 6.07) is 4.81. The summed E-state index contributed by atoms with van der Waals surface area (Å²) in [4.78, 5) is 32.0. The molecular formula is C12H14N2O6. The summed E-state index contributed by atoms with van der Waals surface area (Å²) in [7, 11) is 0. The summed E-state index contributed by atoms with van der Waals surface area (Å²) in [5, 5.41) is 21.6. The second-order valence-corrected chi connectivity index (χ2v) is 3.95. The Hall–Kier alpha value is -2.64. The summed E-state index contributed by atoms with van der Waals surface area (Å²) in [5.74, 6) is -1.58. The van der Waals surface area contributed by atoms with E-state index in [1.807, 2.05) is 0 Å². The van der Waals surface area contributed by atoms with Gasteiger partial charge in [-0.3, -0.25) is 19.7 Å². The molecule has 8 heteroatoms. The zero-order chi connectivity index (χ0) is 15.1. The number of carbonyl (C=O) groups is 2. The van der Waals surface area contributed by atoms with Crippen molar-refractivity contribution in [3.8, 4) is 5.75 Å². The summed E-state index contributed by atoms with van der Waals surface area (Å²) >= 11 is 0. The number of carboxylic acid groups (broad SMARTS) is 1. The van der Waals surface area contributed by atoms with Crippen molar-refractivity contribution in [3.05, 3.63) is 34.4 Å². The molecule has 108 valence electrons. The van der Waals surface area contributed by atoms with E-state index >= 15 is 0 Å². The molecule has 20 heavy (non-hydrogen) atoms. The quantitative estimate of drug-likeness (QED) is 0.567. The fourth-order valence-corrected chi connectivity index (χ4v) is 1.36. The van der Waals surface area contributed by atoms with Crippen LogP contribution in [0.2, 0.25) is 0 Å². The van der Waals surface area contributed by atoms with E-state index in [0.29, 0.717) is 0 Å². The molecule has 0 spiro atoms. The van der Waals surface area contributed by atoms with Crippen LogP contribution in [0.15, 0.2) is 24.3 Å². The van der Waals surface area contributed by atoms with Gasteiger partial charge in [0, 0.05) is 6.07 Å². The van der Waals surface area contributed by atoms with Gasteiger partial charge in [0.2, 0.25) is 5.91 Å². The van der Waals surface area contributed by atoms with E-state index in [2.05, 4.69) is 5.32 Å². The first-order valence-electron chi connectivity index (χ1n) is 5.80. The van der Waals surface area contributed by atoms with Crippen LogP contribution in [0.4, 0.5) is 5.69 Å². The summed E-state index contributed by atoms with van der Waals surface area (Å²) in [6.45, 7) is 1.26. The minimum Gasteiger partial charge on any atom is -0.486 e. The minimum absolute atomic E-state index is 0.0663. The van der Waals surface area contributed by atoms with Crippen molar-refractivity contribution < 1.29 is 24.4 Å². The van der Waals surface area contributed by atoms with Crippen LogP contribution in [0, 0.1) is 10.1 Å². The SMILES string of the molecule is C[C@@H](NC(=O)CCOc1ccccc1[N+](=O)[O-])C(=O)O. The highest BCUT2D eigenvalue weighted by Crippen LogP contribution is 2.25. The number of nitrogens with one attached hydrogen (secondary N) is 1. The predicted octanol–water partition coefficient (Wildman–Crippen LogP) is 0.953. The van der Waals surface area contributed by atoms with Gasteiger partial charge in [-0.1, -0.05) is 12.1 Å². The van der Waals surface area contributed by atoms with E-state index in [4.69, 9.17) is 9.84 Å². The van der Waals surface area contributed by atoms with Crippen LogP contribution in [0.1, 0.15) is 13.3 Å². The second kappa shape index (κ2) is 7.07. The van der Waals surface area contributed by atoms with E-state index in [-0.39, 0.29) is 24.5 Å². The monoisotopic (exact) mass is 282 g/mol. The van der Waals surface area contributed by atoms with Gasteiger partial charge in [0.25, 0.3) is 0 Å². The lowest BCUT2D eigenvalue weighted by atomic mass is 10.3. The molecule has 0 saturated heterocycles. The standard InChI is InChI=1S/C12H14N2O6/c1-8(12(16)17)13-11(15)6-7-20-10-5-3-2-4-9(10)14(18)19/h2-5,8H,6-7H2,1H3,(H,13,15)(H,16,17)/t8-/m1/s1. The van der Waals surface area contributed by atoms with Gasteiger partial charge in [-0.2, -0.15) is 0 Å². The molecule has 0 aliphatic heterocycles. The van der Waals surface area contributed by atoms with Crippen molar-refractivity contribution >= 4 is 17.6 Å². The van der Waals surface area contributed by atoms with Gasteiger partial charge >= 0.3 is 11.7 Å². The van der Waals surface area contributed by atoms with Gasteiger partial charge in [-0.05, 0) is 13.0 Å². The molecule has 1 atom stereocenters. The third-order valence-electron chi connectivity index (χ3n) is 2.40. The van der Waals surface area contributed by atoms with Crippen molar-refractivity contribution in [2.45, 2.75) is 19.4 Å². The van der Waals surface area contributed by atoms with Crippen LogP contribution in [0.25, 0.3) is 0 Å². The molecule has 0 saturated carbocycles. The predicted molar refractivity (Wildman–Crippen MR) is 68.4 cm³/mol. The lowest BCUT2D eigenvalue weighted by Gasteiger charge is -2.10. The molecule has 0 bridgehead atoms. The number of rotatable bonds is 7. The molecule has 0 aliphatic carbocycles. The fraction of sp³-hybridized carbons (Fsp3) is 0.333. The van der Waals surface area contributed by atoms with E-state index in [1.165, 1.54) is 25.1 Å². The second-order valence-electron chi connectivity index (χ2n) is 3.95. The molecule has 0 heterocycles. The number of hydrogen-bond donors (Lipinski definition) is 2. The maximum atomic E-state index is 11.4. The normalized spacial score (nSPS) is 11.4. The number of para-hydroxylation sites is 2. The molecule has 0 aromatic heterocycles. The number of benzene rings is 1. The van der Waals surface area contributed by atoms with E-state index in [9.17, 15) is 19.7 Å². The van der Waals surface area contributed by atoms with Crippen LogP contribution >= 0.6 is 0 Å². The average molecular weight is 282 g/mol. The van der Waals surface area contributed by atoms with Crippen molar-refractivity contribution in [1.82, 2.24) is 5.32 Å². The number of carboxylic acids is 1. The van der Waals surface area contributed by atoms with E-state index in [0.717, 1.165) is 0 Å². The number of nitro benzene ring substituents is 1. The number of nitrogens with zero attached hydrogens (tertiary/aromatic N) is 1. The Morgan fingerprint density at radius 3 is 2.70 bits per heavy atom. The Balaban J connectivity index is 2.47. The Morgan fingerprint density at radius 1 is 1.45 bits per heavy atom. The molecule has 0 aliphatic rings. The molecule has 1 rings (SSSR count). The number of ether oxygens (including phenoxy) is 1. The largest absolute Gasteiger partial charge is 0.486 e. The number of hydrogen-bond acceptors (Lipinski definition) is 5. The lowest BCUT2D eigenvalue weighted by Crippen LogP contribution is -2.38. The molecule has 8 nitrogen and oxygen atoms in total. The van der Waals surface area contributed by atoms with Crippen LogP contribution in [-0.2, 0) is 9.59 Å². The van der Waals surface area contributed by atoms with E-state index in [1.54, 1.807) is 6.07 Å². The van der Waals surface area contributed by atoms with Crippen LogP contribution in [-0.4, -0.2) is 34.6 Å². The van der Waals surface area contributed by atoms with Gasteiger partial charge in [-0.25, -0.2) is 0 Å². The Kier molecular flexibility index (Phi) is 5.45. The Labute approximate surface area is 114 Å². The van der Waals surface area contributed by atoms with Crippen molar-refractivity contribution in [2.75, 3.05) is 6.61 Å². The number of nitro groups is 1. The van der Waals surface area contributed by atoms with Crippen LogP contribution in [0.3, 0.4) is 0 Å². The summed E-state index contributed by atoms with van der Waals surface area (Å²) in [6.07, 6.45) is -0.0936. The maximum Gasteiger partial charge on any atom is 0.325 e. The smallest absolute Gasteiger partial charge is 0.325 e. The van der Waals surface area contributed by atoms with Gasteiger partial charge < -0.3 is 15.2 Å². The van der Waals surface area contributed by atoms with Crippen molar-refractivity contribution in [2.24, 2.45) is 0 Å². The number of amides is 1. The highest BCUT2D eigenvalue weighted by Gasteiger charge is 2.16.